The van der Waals surface area contributed by atoms with Crippen molar-refractivity contribution in [2.75, 3.05) is 18.1 Å². The van der Waals surface area contributed by atoms with Crippen molar-refractivity contribution in [2.45, 2.75) is 24.6 Å². The second-order valence-corrected chi connectivity index (χ2v) is 6.74. The van der Waals surface area contributed by atoms with Gasteiger partial charge in [0.1, 0.15) is 0 Å². The minimum Gasteiger partial charge on any atom is -0.388 e. The van der Waals surface area contributed by atoms with E-state index in [9.17, 15) is 23.1 Å². The number of halogens is 3. The zero-order valence-corrected chi connectivity index (χ0v) is 13.2. The molecule has 23 heavy (non-hydrogen) atoms. The van der Waals surface area contributed by atoms with E-state index < -0.39 is 23.2 Å². The van der Waals surface area contributed by atoms with Crippen LogP contribution in [0.3, 0.4) is 0 Å². The molecular weight excluding hydrogens is 327 g/mol. The number of carbonyl (C=O) groups excluding carboxylic acids is 1. The van der Waals surface area contributed by atoms with Gasteiger partial charge in [0.25, 0.3) is 0 Å². The second kappa shape index (κ2) is 7.40. The van der Waals surface area contributed by atoms with Crippen molar-refractivity contribution < 1.29 is 23.1 Å². The van der Waals surface area contributed by atoms with E-state index in [2.05, 4.69) is 5.32 Å². The topological polar surface area (TPSA) is 49.3 Å². The number of thioether (sulfide) groups is 1. The number of hydrogen-bond donors (Lipinski definition) is 2. The molecule has 0 aliphatic carbocycles. The lowest BCUT2D eigenvalue weighted by Crippen LogP contribution is -2.44. The summed E-state index contributed by atoms with van der Waals surface area (Å²) in [5, 5.41) is 12.9. The molecule has 2 rings (SSSR count). The van der Waals surface area contributed by atoms with Crippen LogP contribution in [0.25, 0.3) is 6.08 Å². The third-order valence-electron chi connectivity index (χ3n) is 3.66. The molecule has 0 aromatic heterocycles. The molecule has 0 spiro atoms. The zero-order valence-electron chi connectivity index (χ0n) is 12.4. The van der Waals surface area contributed by atoms with Crippen molar-refractivity contribution in [3.63, 3.8) is 0 Å². The number of aliphatic hydroxyl groups is 1. The van der Waals surface area contributed by atoms with Crippen molar-refractivity contribution in [1.29, 1.82) is 0 Å². The van der Waals surface area contributed by atoms with Crippen LogP contribution in [-0.4, -0.2) is 34.7 Å². The molecule has 0 bridgehead atoms. The van der Waals surface area contributed by atoms with E-state index in [1.54, 1.807) is 11.8 Å². The normalized spacial score (nSPS) is 18.1. The molecule has 0 atom stereocenters. The van der Waals surface area contributed by atoms with Crippen LogP contribution >= 0.6 is 11.8 Å². The summed E-state index contributed by atoms with van der Waals surface area (Å²) in [6.45, 7) is 0.152. The molecule has 1 heterocycles. The van der Waals surface area contributed by atoms with E-state index in [1.165, 1.54) is 24.3 Å². The standard InChI is InChI=1S/C16H18F3NO2S/c17-16(18,19)13-3-1-2-12(10-13)4-5-14(21)20-11-15(22)6-8-23-9-7-15/h1-5,10,22H,6-9,11H2,(H,20,21). The predicted molar refractivity (Wildman–Crippen MR) is 85.0 cm³/mol. The van der Waals surface area contributed by atoms with Crippen LogP contribution in [-0.2, 0) is 11.0 Å². The van der Waals surface area contributed by atoms with Crippen LogP contribution in [0.2, 0.25) is 0 Å². The highest BCUT2D eigenvalue weighted by Gasteiger charge is 2.30. The van der Waals surface area contributed by atoms with E-state index in [0.29, 0.717) is 18.4 Å². The lowest BCUT2D eigenvalue weighted by atomic mass is 9.97. The fourth-order valence-corrected chi connectivity index (χ4v) is 3.48. The largest absolute Gasteiger partial charge is 0.416 e. The average molecular weight is 345 g/mol. The maximum absolute atomic E-state index is 12.6. The summed E-state index contributed by atoms with van der Waals surface area (Å²) in [5.41, 5.74) is -1.35. The van der Waals surface area contributed by atoms with Gasteiger partial charge in [-0.3, -0.25) is 4.79 Å². The van der Waals surface area contributed by atoms with Gasteiger partial charge in [0.15, 0.2) is 0 Å². The van der Waals surface area contributed by atoms with Crippen LogP contribution in [0.1, 0.15) is 24.0 Å². The maximum atomic E-state index is 12.6. The molecule has 1 aromatic carbocycles. The number of alkyl halides is 3. The lowest BCUT2D eigenvalue weighted by molar-refractivity contribution is -0.137. The van der Waals surface area contributed by atoms with E-state index in [0.717, 1.165) is 23.6 Å². The number of carbonyl (C=O) groups is 1. The molecule has 1 aliphatic rings. The molecular formula is C16H18F3NO2S. The van der Waals surface area contributed by atoms with Gasteiger partial charge in [-0.2, -0.15) is 24.9 Å². The van der Waals surface area contributed by atoms with Gasteiger partial charge in [0.2, 0.25) is 5.91 Å². The first-order valence-corrected chi connectivity index (χ1v) is 8.37. The maximum Gasteiger partial charge on any atom is 0.416 e. The second-order valence-electron chi connectivity index (χ2n) is 5.51. The Bertz CT molecular complexity index is 581. The summed E-state index contributed by atoms with van der Waals surface area (Å²) in [7, 11) is 0. The monoisotopic (exact) mass is 345 g/mol. The third-order valence-corrected chi connectivity index (χ3v) is 4.64. The number of amides is 1. The van der Waals surface area contributed by atoms with Crippen LogP contribution < -0.4 is 5.32 Å². The van der Waals surface area contributed by atoms with E-state index in [-0.39, 0.29) is 6.54 Å². The van der Waals surface area contributed by atoms with Gasteiger partial charge in [0, 0.05) is 12.6 Å². The average Bonchev–Trinajstić information content (AvgIpc) is 2.51. The Morgan fingerprint density at radius 3 is 2.70 bits per heavy atom. The summed E-state index contributed by atoms with van der Waals surface area (Å²) in [5.74, 6) is 1.27. The fraction of sp³-hybridized carbons (Fsp3) is 0.438. The van der Waals surface area contributed by atoms with Gasteiger partial charge >= 0.3 is 6.18 Å². The summed E-state index contributed by atoms with van der Waals surface area (Å²) in [4.78, 5) is 11.7. The van der Waals surface area contributed by atoms with E-state index in [1.807, 2.05) is 0 Å². The Balaban J connectivity index is 1.91. The number of rotatable bonds is 4. The van der Waals surface area contributed by atoms with Crippen molar-refractivity contribution in [3.8, 4) is 0 Å². The van der Waals surface area contributed by atoms with Crippen molar-refractivity contribution >= 4 is 23.7 Å². The molecule has 126 valence electrons. The summed E-state index contributed by atoms with van der Waals surface area (Å²) < 4.78 is 37.8. The number of hydrogen-bond acceptors (Lipinski definition) is 3. The quantitative estimate of drug-likeness (QED) is 0.825. The first-order valence-electron chi connectivity index (χ1n) is 7.22. The SMILES string of the molecule is O=C(C=Cc1cccc(C(F)(F)F)c1)NCC1(O)CCSCC1. The molecule has 1 aromatic rings. The van der Waals surface area contributed by atoms with Crippen molar-refractivity contribution in [2.24, 2.45) is 0 Å². The highest BCUT2D eigenvalue weighted by atomic mass is 32.2. The number of nitrogens with one attached hydrogen (secondary N) is 1. The molecule has 1 aliphatic heterocycles. The summed E-state index contributed by atoms with van der Waals surface area (Å²) in [6, 6.07) is 4.75. The Labute approximate surface area is 137 Å². The van der Waals surface area contributed by atoms with Gasteiger partial charge in [-0.05, 0) is 48.1 Å². The molecule has 0 radical (unpaired) electrons. The first-order chi connectivity index (χ1) is 10.8. The number of benzene rings is 1. The minimum absolute atomic E-state index is 0.152. The molecule has 1 amide bonds. The minimum atomic E-state index is -4.41. The highest BCUT2D eigenvalue weighted by Crippen LogP contribution is 2.29. The summed E-state index contributed by atoms with van der Waals surface area (Å²) in [6.07, 6.45) is -0.666. The van der Waals surface area contributed by atoms with Crippen LogP contribution in [0.4, 0.5) is 13.2 Å². The zero-order chi connectivity index (χ0) is 16.9. The lowest BCUT2D eigenvalue weighted by Gasteiger charge is -2.31. The van der Waals surface area contributed by atoms with E-state index >= 15 is 0 Å². The molecule has 7 heteroatoms. The van der Waals surface area contributed by atoms with Crippen molar-refractivity contribution in [3.05, 3.63) is 41.5 Å². The van der Waals surface area contributed by atoms with Gasteiger partial charge in [-0.25, -0.2) is 0 Å². The smallest absolute Gasteiger partial charge is 0.388 e. The summed E-state index contributed by atoms with van der Waals surface area (Å²) >= 11 is 1.76. The van der Waals surface area contributed by atoms with E-state index in [4.69, 9.17) is 0 Å². The molecule has 3 nitrogen and oxygen atoms in total. The Hall–Kier alpha value is -1.47. The van der Waals surface area contributed by atoms with Crippen LogP contribution in [0.5, 0.6) is 0 Å². The van der Waals surface area contributed by atoms with Gasteiger partial charge in [0.05, 0.1) is 11.2 Å². The Kier molecular flexibility index (Phi) is 5.75. The Morgan fingerprint density at radius 2 is 2.04 bits per heavy atom. The highest BCUT2D eigenvalue weighted by molar-refractivity contribution is 7.99. The predicted octanol–water partition coefficient (Wildman–Crippen LogP) is 3.09. The molecule has 0 unspecified atom stereocenters. The van der Waals surface area contributed by atoms with Crippen LogP contribution in [0.15, 0.2) is 30.3 Å². The Morgan fingerprint density at radius 1 is 1.35 bits per heavy atom. The first kappa shape index (κ1) is 17.9. The third kappa shape index (κ3) is 5.58. The van der Waals surface area contributed by atoms with Gasteiger partial charge in [-0.15, -0.1) is 0 Å². The molecule has 1 saturated heterocycles. The molecule has 0 saturated carbocycles. The van der Waals surface area contributed by atoms with Gasteiger partial charge in [-0.1, -0.05) is 12.1 Å². The van der Waals surface area contributed by atoms with Crippen LogP contribution in [0, 0.1) is 0 Å². The van der Waals surface area contributed by atoms with Gasteiger partial charge < -0.3 is 10.4 Å². The molecule has 2 N–H and O–H groups in total. The fourth-order valence-electron chi connectivity index (χ4n) is 2.23. The van der Waals surface area contributed by atoms with Crippen molar-refractivity contribution in [1.82, 2.24) is 5.32 Å². The molecule has 1 fully saturated rings.